The fraction of sp³-hybridized carbons (Fsp3) is 0.727. The Morgan fingerprint density at radius 2 is 2.14 bits per heavy atom. The maximum atomic E-state index is 11.2. The number of hydrogen-bond acceptors (Lipinski definition) is 3. The Morgan fingerprint density at radius 1 is 1.57 bits per heavy atom. The topological polar surface area (TPSA) is 29.5 Å². The van der Waals surface area contributed by atoms with Gasteiger partial charge in [-0.1, -0.05) is 19.9 Å². The van der Waals surface area contributed by atoms with Crippen molar-refractivity contribution < 1.29 is 9.53 Å². The minimum atomic E-state index is -0.319. The average Bonchev–Trinajstić information content (AvgIpc) is 2.13. The van der Waals surface area contributed by atoms with Gasteiger partial charge < -0.3 is 4.74 Å². The molecule has 0 aliphatic carbocycles. The second kappa shape index (κ2) is 6.60. The smallest absolute Gasteiger partial charge is 0.334 e. The largest absolute Gasteiger partial charge is 0.443 e. The van der Waals surface area contributed by atoms with Crippen LogP contribution in [-0.4, -0.2) is 30.7 Å². The average molecular weight is 199 g/mol. The zero-order chi connectivity index (χ0) is 11.1. The summed E-state index contributed by atoms with van der Waals surface area (Å²) in [7, 11) is 1.95. The highest BCUT2D eigenvalue weighted by Crippen LogP contribution is 2.03. The van der Waals surface area contributed by atoms with Crippen molar-refractivity contribution >= 4 is 5.97 Å². The quantitative estimate of drug-likeness (QED) is 0.373. The van der Waals surface area contributed by atoms with E-state index in [1.807, 2.05) is 18.9 Å². The molecule has 0 aliphatic rings. The van der Waals surface area contributed by atoms with E-state index in [1.54, 1.807) is 6.92 Å². The van der Waals surface area contributed by atoms with Gasteiger partial charge in [-0.2, -0.15) is 0 Å². The third-order valence-electron chi connectivity index (χ3n) is 2.11. The van der Waals surface area contributed by atoms with Gasteiger partial charge in [-0.15, -0.1) is 0 Å². The molecule has 1 atom stereocenters. The van der Waals surface area contributed by atoms with Gasteiger partial charge in [0.1, 0.15) is 0 Å². The number of rotatable bonds is 6. The minimum absolute atomic E-state index is 0.175. The molecule has 82 valence electrons. The van der Waals surface area contributed by atoms with Crippen LogP contribution >= 0.6 is 0 Å². The van der Waals surface area contributed by atoms with Crippen LogP contribution in [0.15, 0.2) is 12.2 Å². The van der Waals surface area contributed by atoms with Gasteiger partial charge >= 0.3 is 5.97 Å². The van der Waals surface area contributed by atoms with Crippen LogP contribution in [0.25, 0.3) is 0 Å². The lowest BCUT2D eigenvalue weighted by Crippen LogP contribution is -2.34. The standard InChI is InChI=1S/C11H21NO2/c1-6-7-8-12(5)10(4)14-11(13)9(2)3/h10H,2,6-8H2,1,3-5H3. The molecule has 0 N–H and O–H groups in total. The first-order valence-corrected chi connectivity index (χ1v) is 5.05. The lowest BCUT2D eigenvalue weighted by Gasteiger charge is -2.24. The molecule has 0 radical (unpaired) electrons. The molecule has 0 bridgehead atoms. The predicted octanol–water partition coefficient (Wildman–Crippen LogP) is 2.18. The first-order valence-electron chi connectivity index (χ1n) is 5.05. The summed E-state index contributed by atoms with van der Waals surface area (Å²) in [5.74, 6) is -0.319. The molecule has 0 fully saturated rings. The van der Waals surface area contributed by atoms with Crippen molar-refractivity contribution in [1.82, 2.24) is 4.90 Å². The van der Waals surface area contributed by atoms with Crippen LogP contribution in [-0.2, 0) is 9.53 Å². The van der Waals surface area contributed by atoms with E-state index in [0.29, 0.717) is 5.57 Å². The number of hydrogen-bond donors (Lipinski definition) is 0. The molecular weight excluding hydrogens is 178 g/mol. The Kier molecular flexibility index (Phi) is 6.21. The van der Waals surface area contributed by atoms with Gasteiger partial charge in [0, 0.05) is 12.1 Å². The number of carbonyl (C=O) groups is 1. The molecule has 0 aromatic heterocycles. The monoisotopic (exact) mass is 199 g/mol. The molecule has 0 saturated heterocycles. The summed E-state index contributed by atoms with van der Waals surface area (Å²) in [6.07, 6.45) is 2.09. The Hall–Kier alpha value is -0.830. The molecule has 0 aromatic carbocycles. The summed E-state index contributed by atoms with van der Waals surface area (Å²) in [6, 6.07) is 0. The maximum Gasteiger partial charge on any atom is 0.334 e. The Bertz CT molecular complexity index is 201. The molecule has 0 heterocycles. The van der Waals surface area contributed by atoms with E-state index in [4.69, 9.17) is 4.74 Å². The van der Waals surface area contributed by atoms with Crippen LogP contribution < -0.4 is 0 Å². The molecule has 0 aliphatic heterocycles. The summed E-state index contributed by atoms with van der Waals surface area (Å²) < 4.78 is 5.16. The number of nitrogens with zero attached hydrogens (tertiary/aromatic N) is 1. The summed E-state index contributed by atoms with van der Waals surface area (Å²) in [5, 5.41) is 0. The van der Waals surface area contributed by atoms with Crippen LogP contribution in [0.1, 0.15) is 33.6 Å². The third-order valence-corrected chi connectivity index (χ3v) is 2.11. The first kappa shape index (κ1) is 13.2. The SMILES string of the molecule is C=C(C)C(=O)OC(C)N(C)CCCC. The van der Waals surface area contributed by atoms with Crippen LogP contribution in [0.4, 0.5) is 0 Å². The van der Waals surface area contributed by atoms with Crippen molar-refractivity contribution in [3.8, 4) is 0 Å². The van der Waals surface area contributed by atoms with Gasteiger partial charge in [-0.25, -0.2) is 4.79 Å². The van der Waals surface area contributed by atoms with Gasteiger partial charge in [-0.05, 0) is 27.3 Å². The molecule has 0 rings (SSSR count). The first-order chi connectivity index (χ1) is 6.49. The maximum absolute atomic E-state index is 11.2. The fourth-order valence-electron chi connectivity index (χ4n) is 0.935. The molecule has 0 spiro atoms. The summed E-state index contributed by atoms with van der Waals surface area (Å²) >= 11 is 0. The molecule has 3 nitrogen and oxygen atoms in total. The lowest BCUT2D eigenvalue weighted by atomic mass is 10.3. The molecule has 3 heteroatoms. The van der Waals surface area contributed by atoms with E-state index < -0.39 is 0 Å². The van der Waals surface area contributed by atoms with Crippen LogP contribution in [0.2, 0.25) is 0 Å². The zero-order valence-electron chi connectivity index (χ0n) is 9.67. The summed E-state index contributed by atoms with van der Waals surface area (Å²) in [6.45, 7) is 10.1. The van der Waals surface area contributed by atoms with Crippen molar-refractivity contribution in [2.45, 2.75) is 39.8 Å². The van der Waals surface area contributed by atoms with Gasteiger partial charge in [-0.3, -0.25) is 4.90 Å². The highest BCUT2D eigenvalue weighted by atomic mass is 16.6. The Labute approximate surface area is 86.7 Å². The Morgan fingerprint density at radius 3 is 2.57 bits per heavy atom. The van der Waals surface area contributed by atoms with Gasteiger partial charge in [0.25, 0.3) is 0 Å². The van der Waals surface area contributed by atoms with Crippen molar-refractivity contribution in [2.24, 2.45) is 0 Å². The van der Waals surface area contributed by atoms with Crippen molar-refractivity contribution in [2.75, 3.05) is 13.6 Å². The third kappa shape index (κ3) is 5.02. The lowest BCUT2D eigenvalue weighted by molar-refractivity contribution is -0.151. The van der Waals surface area contributed by atoms with E-state index in [-0.39, 0.29) is 12.2 Å². The van der Waals surface area contributed by atoms with Crippen LogP contribution in [0, 0.1) is 0 Å². The highest BCUT2D eigenvalue weighted by Gasteiger charge is 2.13. The van der Waals surface area contributed by atoms with E-state index >= 15 is 0 Å². The van der Waals surface area contributed by atoms with Gasteiger partial charge in [0.15, 0.2) is 6.23 Å². The van der Waals surface area contributed by atoms with E-state index in [1.165, 1.54) is 0 Å². The predicted molar refractivity (Wildman–Crippen MR) is 57.9 cm³/mol. The summed E-state index contributed by atoms with van der Waals surface area (Å²) in [5.41, 5.74) is 0.445. The minimum Gasteiger partial charge on any atom is -0.443 e. The molecule has 14 heavy (non-hydrogen) atoms. The summed E-state index contributed by atoms with van der Waals surface area (Å²) in [4.78, 5) is 13.2. The van der Waals surface area contributed by atoms with Crippen molar-refractivity contribution in [3.63, 3.8) is 0 Å². The van der Waals surface area contributed by atoms with Gasteiger partial charge in [0.05, 0.1) is 0 Å². The van der Waals surface area contributed by atoms with E-state index in [2.05, 4.69) is 13.5 Å². The van der Waals surface area contributed by atoms with Crippen molar-refractivity contribution in [1.29, 1.82) is 0 Å². The van der Waals surface area contributed by atoms with Crippen molar-refractivity contribution in [3.05, 3.63) is 12.2 Å². The molecule has 0 saturated carbocycles. The molecule has 1 unspecified atom stereocenters. The van der Waals surface area contributed by atoms with Crippen LogP contribution in [0.5, 0.6) is 0 Å². The fourth-order valence-corrected chi connectivity index (χ4v) is 0.935. The number of carbonyl (C=O) groups excluding carboxylic acids is 1. The number of unbranched alkanes of at least 4 members (excludes halogenated alkanes) is 1. The number of esters is 1. The zero-order valence-corrected chi connectivity index (χ0v) is 9.67. The van der Waals surface area contributed by atoms with E-state index in [9.17, 15) is 4.79 Å². The van der Waals surface area contributed by atoms with Gasteiger partial charge in [0.2, 0.25) is 0 Å². The van der Waals surface area contributed by atoms with Crippen LogP contribution in [0.3, 0.4) is 0 Å². The van der Waals surface area contributed by atoms with E-state index in [0.717, 1.165) is 19.4 Å². The highest BCUT2D eigenvalue weighted by molar-refractivity contribution is 5.87. The normalized spacial score (nSPS) is 12.6. The Balaban J connectivity index is 3.88. The molecule has 0 aromatic rings. The number of ether oxygens (including phenoxy) is 1. The molecular formula is C11H21NO2. The second-order valence-corrected chi connectivity index (χ2v) is 3.62. The molecule has 0 amide bonds. The second-order valence-electron chi connectivity index (χ2n) is 3.62.